The zero-order valence-corrected chi connectivity index (χ0v) is 19.1. The summed E-state index contributed by atoms with van der Waals surface area (Å²) in [4.78, 5) is 12.3. The van der Waals surface area contributed by atoms with Crippen LogP contribution in [0.5, 0.6) is 0 Å². The fraction of sp³-hybridized carbons (Fsp3) is 0. The number of nitrogens with one attached hydrogen (secondary N) is 2. The monoisotopic (exact) mass is 512 g/mol. The lowest BCUT2D eigenvalue weighted by Gasteiger charge is -2.02. The summed E-state index contributed by atoms with van der Waals surface area (Å²) >= 11 is 13.6. The van der Waals surface area contributed by atoms with Crippen LogP contribution in [0.2, 0.25) is 10.0 Å². The molecule has 2 N–H and O–H groups in total. The molecule has 2 aromatic carbocycles. The normalized spacial score (nSPS) is 11.3. The highest BCUT2D eigenvalue weighted by atomic mass is 35.5. The van der Waals surface area contributed by atoms with E-state index >= 15 is 0 Å². The summed E-state index contributed by atoms with van der Waals surface area (Å²) in [5, 5.41) is 19.1. The number of nitrogens with zero attached hydrogens (tertiary/aromatic N) is 4. The van der Waals surface area contributed by atoms with Crippen molar-refractivity contribution in [3.8, 4) is 10.6 Å². The van der Waals surface area contributed by atoms with E-state index in [9.17, 15) is 13.2 Å². The van der Waals surface area contributed by atoms with Gasteiger partial charge in [0.2, 0.25) is 10.3 Å². The zero-order valence-electron chi connectivity index (χ0n) is 15.1. The van der Waals surface area contributed by atoms with Crippen LogP contribution < -0.4 is 10.0 Å². The number of rotatable bonds is 6. The Kier molecular flexibility index (Phi) is 6.16. The average molecular weight is 513 g/mol. The predicted octanol–water partition coefficient (Wildman–Crippen LogP) is 4.42. The van der Waals surface area contributed by atoms with Crippen LogP contribution >= 0.6 is 45.9 Å². The average Bonchev–Trinajstić information content (AvgIpc) is 3.39. The van der Waals surface area contributed by atoms with Gasteiger partial charge in [0.15, 0.2) is 0 Å². The molecule has 4 aromatic rings. The SMILES string of the molecule is O=C(Nc1nnc(S(=O)(=O)Nc2nnc(-c3ccc(Cl)cc3)s2)s1)c1ccccc1Cl. The summed E-state index contributed by atoms with van der Waals surface area (Å²) in [7, 11) is -4.07. The second kappa shape index (κ2) is 8.85. The van der Waals surface area contributed by atoms with Crippen molar-refractivity contribution >= 4 is 72.1 Å². The summed E-state index contributed by atoms with van der Waals surface area (Å²) in [6, 6.07) is 13.3. The summed E-state index contributed by atoms with van der Waals surface area (Å²) in [5.74, 6) is -0.532. The number of hydrogen-bond donors (Lipinski definition) is 2. The van der Waals surface area contributed by atoms with Crippen LogP contribution in [0.25, 0.3) is 10.6 Å². The lowest BCUT2D eigenvalue weighted by Crippen LogP contribution is -2.12. The van der Waals surface area contributed by atoms with E-state index in [-0.39, 0.29) is 25.2 Å². The molecular formula is C17H10Cl2N6O3S3. The first kappa shape index (κ1) is 21.6. The highest BCUT2D eigenvalue weighted by Crippen LogP contribution is 2.29. The zero-order chi connectivity index (χ0) is 22.0. The van der Waals surface area contributed by atoms with Gasteiger partial charge in [0.25, 0.3) is 20.3 Å². The summed E-state index contributed by atoms with van der Waals surface area (Å²) in [5.41, 5.74) is 0.971. The lowest BCUT2D eigenvalue weighted by molar-refractivity contribution is 0.102. The second-order valence-electron chi connectivity index (χ2n) is 5.83. The molecule has 0 aliphatic heterocycles. The highest BCUT2D eigenvalue weighted by molar-refractivity contribution is 7.94. The van der Waals surface area contributed by atoms with Gasteiger partial charge in [-0.3, -0.25) is 14.8 Å². The van der Waals surface area contributed by atoms with Gasteiger partial charge in [0.05, 0.1) is 10.6 Å². The van der Waals surface area contributed by atoms with E-state index < -0.39 is 15.9 Å². The minimum Gasteiger partial charge on any atom is -0.296 e. The van der Waals surface area contributed by atoms with Crippen molar-refractivity contribution in [2.24, 2.45) is 0 Å². The van der Waals surface area contributed by atoms with Gasteiger partial charge in [0, 0.05) is 10.6 Å². The minimum absolute atomic E-state index is 0.00408. The largest absolute Gasteiger partial charge is 0.296 e. The molecule has 0 atom stereocenters. The van der Waals surface area contributed by atoms with Gasteiger partial charge in [-0.05, 0) is 24.3 Å². The first-order valence-corrected chi connectivity index (χ1v) is 12.2. The molecule has 0 aliphatic carbocycles. The number of amides is 1. The summed E-state index contributed by atoms with van der Waals surface area (Å²) < 4.78 is 27.2. The molecule has 4 rings (SSSR count). The Hall–Kier alpha value is -2.64. The first-order valence-electron chi connectivity index (χ1n) is 8.33. The Morgan fingerprint density at radius 3 is 2.32 bits per heavy atom. The molecule has 2 heterocycles. The number of sulfonamides is 1. The number of carbonyl (C=O) groups is 1. The molecule has 0 saturated heterocycles. The summed E-state index contributed by atoms with van der Waals surface area (Å²) in [6.45, 7) is 0. The van der Waals surface area contributed by atoms with Crippen molar-refractivity contribution < 1.29 is 13.2 Å². The first-order chi connectivity index (χ1) is 14.8. The van der Waals surface area contributed by atoms with Gasteiger partial charge in [0.1, 0.15) is 5.01 Å². The standard InChI is InChI=1S/C17H10Cl2N6O3S3/c18-10-7-5-9(6-8-10)14-21-23-16(29-14)25-31(27,28)17-24-22-15(30-17)20-13(26)11-3-1-2-4-12(11)19/h1-8H,(H,23,25)(H,20,22,26). The van der Waals surface area contributed by atoms with Gasteiger partial charge in [-0.2, -0.15) is 8.42 Å². The van der Waals surface area contributed by atoms with Gasteiger partial charge in [-0.1, -0.05) is 70.1 Å². The fourth-order valence-corrected chi connectivity index (χ4v) is 5.53. The smallest absolute Gasteiger partial charge is 0.293 e. The molecule has 14 heteroatoms. The van der Waals surface area contributed by atoms with Crippen LogP contribution in [-0.4, -0.2) is 34.7 Å². The minimum atomic E-state index is -4.07. The van der Waals surface area contributed by atoms with E-state index in [1.165, 1.54) is 6.07 Å². The van der Waals surface area contributed by atoms with Crippen molar-refractivity contribution in [1.82, 2.24) is 20.4 Å². The highest BCUT2D eigenvalue weighted by Gasteiger charge is 2.23. The van der Waals surface area contributed by atoms with Gasteiger partial charge < -0.3 is 0 Å². The number of hydrogen-bond acceptors (Lipinski definition) is 9. The quantitative estimate of drug-likeness (QED) is 0.366. The molecule has 9 nitrogen and oxygen atoms in total. The second-order valence-corrected chi connectivity index (χ2v) is 10.5. The van der Waals surface area contributed by atoms with Crippen molar-refractivity contribution in [2.45, 2.75) is 4.34 Å². The Morgan fingerprint density at radius 1 is 0.871 bits per heavy atom. The third-order valence-corrected chi connectivity index (χ3v) is 7.86. The maximum Gasteiger partial charge on any atom is 0.293 e. The van der Waals surface area contributed by atoms with Crippen molar-refractivity contribution in [2.75, 3.05) is 10.0 Å². The molecular weight excluding hydrogens is 503 g/mol. The molecule has 1 amide bonds. The Labute approximate surface area is 194 Å². The van der Waals surface area contributed by atoms with Crippen LogP contribution in [0.1, 0.15) is 10.4 Å². The Balaban J connectivity index is 1.48. The summed E-state index contributed by atoms with van der Waals surface area (Å²) in [6.07, 6.45) is 0. The molecule has 0 saturated carbocycles. The van der Waals surface area contributed by atoms with Crippen molar-refractivity contribution in [3.05, 3.63) is 64.1 Å². The number of aromatic nitrogens is 4. The van der Waals surface area contributed by atoms with E-state index in [2.05, 4.69) is 30.4 Å². The molecule has 0 fully saturated rings. The number of carbonyl (C=O) groups excluding carboxylic acids is 1. The van der Waals surface area contributed by atoms with Crippen LogP contribution in [-0.2, 0) is 10.0 Å². The molecule has 0 radical (unpaired) electrons. The van der Waals surface area contributed by atoms with E-state index in [1.54, 1.807) is 42.5 Å². The number of halogens is 2. The number of benzene rings is 2. The maximum absolute atomic E-state index is 12.6. The van der Waals surface area contributed by atoms with Crippen LogP contribution in [0, 0.1) is 0 Å². The third kappa shape index (κ3) is 4.99. The Bertz CT molecular complexity index is 1360. The van der Waals surface area contributed by atoms with Gasteiger partial charge in [-0.25, -0.2) is 0 Å². The molecule has 158 valence electrons. The van der Waals surface area contributed by atoms with Gasteiger partial charge >= 0.3 is 0 Å². The van der Waals surface area contributed by atoms with Crippen LogP contribution in [0.15, 0.2) is 52.9 Å². The van der Waals surface area contributed by atoms with Gasteiger partial charge in [-0.15, -0.1) is 20.4 Å². The van der Waals surface area contributed by atoms with E-state index in [1.807, 2.05) is 0 Å². The topological polar surface area (TPSA) is 127 Å². The van der Waals surface area contributed by atoms with Crippen molar-refractivity contribution in [3.63, 3.8) is 0 Å². The fourth-order valence-electron chi connectivity index (χ4n) is 2.31. The number of anilines is 2. The molecule has 0 bridgehead atoms. The molecule has 0 spiro atoms. The molecule has 31 heavy (non-hydrogen) atoms. The maximum atomic E-state index is 12.6. The van der Waals surface area contributed by atoms with Crippen LogP contribution in [0.3, 0.4) is 0 Å². The predicted molar refractivity (Wildman–Crippen MR) is 120 cm³/mol. The molecule has 0 aliphatic rings. The van der Waals surface area contributed by atoms with Crippen molar-refractivity contribution in [1.29, 1.82) is 0 Å². The lowest BCUT2D eigenvalue weighted by atomic mass is 10.2. The van der Waals surface area contributed by atoms with Crippen LogP contribution in [0.4, 0.5) is 10.3 Å². The molecule has 0 unspecified atom stereocenters. The Morgan fingerprint density at radius 2 is 1.58 bits per heavy atom. The van der Waals surface area contributed by atoms with E-state index in [4.69, 9.17) is 23.2 Å². The van der Waals surface area contributed by atoms with E-state index in [0.29, 0.717) is 21.4 Å². The third-order valence-electron chi connectivity index (χ3n) is 3.71. The van der Waals surface area contributed by atoms with E-state index in [0.717, 1.165) is 16.9 Å². The molecule has 2 aromatic heterocycles.